The summed E-state index contributed by atoms with van der Waals surface area (Å²) in [6.07, 6.45) is -4.35. The summed E-state index contributed by atoms with van der Waals surface area (Å²) in [7, 11) is 4.93. The number of hydrogen-bond donors (Lipinski definition) is 2. The van der Waals surface area contributed by atoms with Crippen molar-refractivity contribution in [1.82, 2.24) is 15.5 Å². The number of rotatable bonds is 7. The molecular weight excluding hydrogens is 397 g/mol. The van der Waals surface area contributed by atoms with Gasteiger partial charge < -0.3 is 20.3 Å². The Kier molecular flexibility index (Phi) is 8.08. The molecule has 0 unspecified atom stereocenters. The maximum Gasteiger partial charge on any atom is 0.416 e. The van der Waals surface area contributed by atoms with Gasteiger partial charge in [-0.3, -0.25) is 9.79 Å². The number of amides is 1. The number of benzene rings is 2. The summed E-state index contributed by atoms with van der Waals surface area (Å²) in [5, 5.41) is 6.19. The third kappa shape index (κ3) is 7.31. The molecule has 0 saturated heterocycles. The zero-order chi connectivity index (χ0) is 22.1. The van der Waals surface area contributed by atoms with Crippen LogP contribution in [0.3, 0.4) is 0 Å². The number of likely N-dealkylation sites (N-methyl/N-ethyl adjacent to an activating group) is 1. The van der Waals surface area contributed by atoms with Crippen LogP contribution in [0.25, 0.3) is 0 Å². The van der Waals surface area contributed by atoms with Gasteiger partial charge in [-0.05, 0) is 35.4 Å². The van der Waals surface area contributed by atoms with Crippen molar-refractivity contribution in [3.8, 4) is 5.75 Å². The third-order valence-electron chi connectivity index (χ3n) is 4.18. The van der Waals surface area contributed by atoms with E-state index in [2.05, 4.69) is 15.6 Å². The summed E-state index contributed by atoms with van der Waals surface area (Å²) < 4.78 is 43.4. The quantitative estimate of drug-likeness (QED) is 0.532. The van der Waals surface area contributed by atoms with Gasteiger partial charge in [-0.15, -0.1) is 0 Å². The SMILES string of the molecule is CN=C(NCc1ccc(C(F)(F)F)cc1)NCc1cccc(OCC(=O)N(C)C)c1. The maximum atomic E-state index is 12.6. The Morgan fingerprint density at radius 1 is 1.03 bits per heavy atom. The van der Waals surface area contributed by atoms with Crippen LogP contribution < -0.4 is 15.4 Å². The molecule has 0 heterocycles. The predicted octanol–water partition coefficient (Wildman–Crippen LogP) is 3.04. The number of nitrogens with one attached hydrogen (secondary N) is 2. The van der Waals surface area contributed by atoms with Gasteiger partial charge in [0.1, 0.15) is 5.75 Å². The lowest BCUT2D eigenvalue weighted by Gasteiger charge is -2.14. The second-order valence-corrected chi connectivity index (χ2v) is 6.70. The largest absolute Gasteiger partial charge is 0.484 e. The molecule has 0 aliphatic rings. The molecule has 2 aromatic rings. The molecule has 0 aliphatic heterocycles. The molecule has 1 amide bonds. The van der Waals surface area contributed by atoms with E-state index in [0.29, 0.717) is 30.4 Å². The number of carbonyl (C=O) groups excluding carboxylic acids is 1. The zero-order valence-corrected chi connectivity index (χ0v) is 17.1. The van der Waals surface area contributed by atoms with E-state index < -0.39 is 11.7 Å². The molecule has 0 spiro atoms. The van der Waals surface area contributed by atoms with Crippen molar-refractivity contribution in [3.05, 3.63) is 65.2 Å². The van der Waals surface area contributed by atoms with E-state index in [1.54, 1.807) is 27.2 Å². The van der Waals surface area contributed by atoms with Crippen molar-refractivity contribution in [2.45, 2.75) is 19.3 Å². The van der Waals surface area contributed by atoms with E-state index in [1.807, 2.05) is 18.2 Å². The zero-order valence-electron chi connectivity index (χ0n) is 17.1. The molecule has 0 saturated carbocycles. The van der Waals surface area contributed by atoms with Crippen LogP contribution in [0.5, 0.6) is 5.75 Å². The lowest BCUT2D eigenvalue weighted by molar-refractivity contribution is -0.137. The van der Waals surface area contributed by atoms with Crippen molar-refractivity contribution >= 4 is 11.9 Å². The Labute approximate surface area is 173 Å². The minimum Gasteiger partial charge on any atom is -0.484 e. The smallest absolute Gasteiger partial charge is 0.416 e. The molecular formula is C21H25F3N4O2. The standard InChI is InChI=1S/C21H25F3N4O2/c1-25-20(26-12-15-7-9-17(10-8-15)21(22,23)24)27-13-16-5-4-6-18(11-16)30-14-19(29)28(2)3/h4-11H,12-14H2,1-3H3,(H2,25,26,27). The summed E-state index contributed by atoms with van der Waals surface area (Å²) in [5.41, 5.74) is 0.942. The Morgan fingerprint density at radius 3 is 2.23 bits per heavy atom. The number of aliphatic imine (C=N–C) groups is 1. The average Bonchev–Trinajstić information content (AvgIpc) is 2.72. The fraction of sp³-hybridized carbons (Fsp3) is 0.333. The lowest BCUT2D eigenvalue weighted by atomic mass is 10.1. The van der Waals surface area contributed by atoms with Gasteiger partial charge in [0.15, 0.2) is 12.6 Å². The number of carbonyl (C=O) groups is 1. The van der Waals surface area contributed by atoms with Crippen LogP contribution >= 0.6 is 0 Å². The molecule has 0 fully saturated rings. The normalized spacial score (nSPS) is 11.7. The van der Waals surface area contributed by atoms with Gasteiger partial charge >= 0.3 is 6.18 Å². The molecule has 2 rings (SSSR count). The highest BCUT2D eigenvalue weighted by atomic mass is 19.4. The summed E-state index contributed by atoms with van der Waals surface area (Å²) in [6, 6.07) is 12.3. The molecule has 0 radical (unpaired) electrons. The van der Waals surface area contributed by atoms with Crippen molar-refractivity contribution in [2.24, 2.45) is 4.99 Å². The first-order chi connectivity index (χ1) is 14.2. The molecule has 2 aromatic carbocycles. The number of nitrogens with zero attached hydrogens (tertiary/aromatic N) is 2. The van der Waals surface area contributed by atoms with Gasteiger partial charge in [0.05, 0.1) is 5.56 Å². The van der Waals surface area contributed by atoms with E-state index in [0.717, 1.165) is 17.7 Å². The predicted molar refractivity (Wildman–Crippen MR) is 109 cm³/mol. The Balaban J connectivity index is 1.85. The van der Waals surface area contributed by atoms with Crippen LogP contribution in [0.2, 0.25) is 0 Å². The minimum absolute atomic E-state index is 0.0414. The third-order valence-corrected chi connectivity index (χ3v) is 4.18. The molecule has 30 heavy (non-hydrogen) atoms. The number of ether oxygens (including phenoxy) is 1. The highest BCUT2D eigenvalue weighted by Crippen LogP contribution is 2.29. The van der Waals surface area contributed by atoms with Crippen LogP contribution in [-0.2, 0) is 24.1 Å². The van der Waals surface area contributed by atoms with Crippen LogP contribution in [-0.4, -0.2) is 44.5 Å². The maximum absolute atomic E-state index is 12.6. The average molecular weight is 422 g/mol. The van der Waals surface area contributed by atoms with Crippen LogP contribution in [0.15, 0.2) is 53.5 Å². The second-order valence-electron chi connectivity index (χ2n) is 6.70. The Morgan fingerprint density at radius 2 is 1.67 bits per heavy atom. The van der Waals surface area contributed by atoms with Crippen LogP contribution in [0.1, 0.15) is 16.7 Å². The van der Waals surface area contributed by atoms with Crippen molar-refractivity contribution in [1.29, 1.82) is 0 Å². The highest BCUT2D eigenvalue weighted by Gasteiger charge is 2.29. The van der Waals surface area contributed by atoms with Crippen molar-refractivity contribution in [3.63, 3.8) is 0 Å². The number of hydrogen-bond acceptors (Lipinski definition) is 3. The molecule has 162 valence electrons. The first-order valence-electron chi connectivity index (χ1n) is 9.21. The number of guanidine groups is 1. The fourth-order valence-electron chi connectivity index (χ4n) is 2.42. The molecule has 0 atom stereocenters. The van der Waals surface area contributed by atoms with Crippen molar-refractivity contribution in [2.75, 3.05) is 27.7 Å². The number of alkyl halides is 3. The molecule has 0 aliphatic carbocycles. The summed E-state index contributed by atoms with van der Waals surface area (Å²) in [5.74, 6) is 0.951. The first kappa shape index (κ1) is 23.1. The highest BCUT2D eigenvalue weighted by molar-refractivity contribution is 5.79. The van der Waals surface area contributed by atoms with E-state index in [4.69, 9.17) is 4.74 Å². The monoisotopic (exact) mass is 422 g/mol. The van der Waals surface area contributed by atoms with Gasteiger partial charge in [-0.2, -0.15) is 13.2 Å². The topological polar surface area (TPSA) is 66.0 Å². The lowest BCUT2D eigenvalue weighted by Crippen LogP contribution is -2.36. The van der Waals surface area contributed by atoms with Crippen molar-refractivity contribution < 1.29 is 22.7 Å². The van der Waals surface area contributed by atoms with E-state index in [1.165, 1.54) is 17.0 Å². The molecule has 2 N–H and O–H groups in total. The van der Waals surface area contributed by atoms with E-state index >= 15 is 0 Å². The van der Waals surface area contributed by atoms with Crippen LogP contribution in [0.4, 0.5) is 13.2 Å². The number of halogens is 3. The molecule has 0 bridgehead atoms. The molecule has 0 aromatic heterocycles. The second kappa shape index (κ2) is 10.5. The molecule has 6 nitrogen and oxygen atoms in total. The summed E-state index contributed by atoms with van der Waals surface area (Å²) >= 11 is 0. The summed E-state index contributed by atoms with van der Waals surface area (Å²) in [6.45, 7) is 0.735. The van der Waals surface area contributed by atoms with Gasteiger partial charge in [-0.1, -0.05) is 24.3 Å². The molecule has 9 heteroatoms. The fourth-order valence-corrected chi connectivity index (χ4v) is 2.42. The van der Waals surface area contributed by atoms with Crippen LogP contribution in [0, 0.1) is 0 Å². The van der Waals surface area contributed by atoms with Gasteiger partial charge in [0.25, 0.3) is 5.91 Å². The van der Waals surface area contributed by atoms with Gasteiger partial charge in [0, 0.05) is 34.2 Å². The first-order valence-corrected chi connectivity index (χ1v) is 9.21. The van der Waals surface area contributed by atoms with E-state index in [-0.39, 0.29) is 12.5 Å². The minimum atomic E-state index is -4.35. The summed E-state index contributed by atoms with van der Waals surface area (Å²) in [4.78, 5) is 17.2. The Bertz CT molecular complexity index is 865. The van der Waals surface area contributed by atoms with E-state index in [9.17, 15) is 18.0 Å². The van der Waals surface area contributed by atoms with Gasteiger partial charge in [0.2, 0.25) is 0 Å². The van der Waals surface area contributed by atoms with Gasteiger partial charge in [-0.25, -0.2) is 0 Å². The Hall–Kier alpha value is -3.23.